The highest BCUT2D eigenvalue weighted by Gasteiger charge is 2.40. The third kappa shape index (κ3) is 6.00. The molecule has 0 radical (unpaired) electrons. The van der Waals surface area contributed by atoms with Crippen molar-refractivity contribution in [1.82, 2.24) is 9.97 Å². The summed E-state index contributed by atoms with van der Waals surface area (Å²) in [6.07, 6.45) is -7.09. The van der Waals surface area contributed by atoms with Crippen LogP contribution >= 0.6 is 11.3 Å². The van der Waals surface area contributed by atoms with E-state index in [0.29, 0.717) is 54.3 Å². The van der Waals surface area contributed by atoms with Gasteiger partial charge in [-0.05, 0) is 38.3 Å². The predicted molar refractivity (Wildman–Crippen MR) is 105 cm³/mol. The topological polar surface area (TPSA) is 64.5 Å². The minimum atomic E-state index is -5.26. The van der Waals surface area contributed by atoms with Gasteiger partial charge in [0.1, 0.15) is 17.1 Å². The first-order valence-corrected chi connectivity index (χ1v) is 10.3. The van der Waals surface area contributed by atoms with Crippen LogP contribution < -0.4 is 9.47 Å². The molecule has 1 N–H and O–H groups in total. The minimum absolute atomic E-state index is 0.0710. The first-order valence-electron chi connectivity index (χ1n) is 9.49. The SMILES string of the molecule is CCOc1ccncc1C(O)CCCc1nc2cc(C(F)(F)F)c(OC(F)(F)F)cc2s1. The van der Waals surface area contributed by atoms with Crippen LogP contribution in [0.1, 0.15) is 42.0 Å². The van der Waals surface area contributed by atoms with Gasteiger partial charge in [-0.1, -0.05) is 0 Å². The Morgan fingerprint density at radius 1 is 1.12 bits per heavy atom. The quantitative estimate of drug-likeness (QED) is 0.397. The molecule has 2 aromatic heterocycles. The minimum Gasteiger partial charge on any atom is -0.493 e. The highest BCUT2D eigenvalue weighted by molar-refractivity contribution is 7.18. The molecule has 0 amide bonds. The van der Waals surface area contributed by atoms with Crippen LogP contribution in [0, 0.1) is 0 Å². The number of alkyl halides is 6. The van der Waals surface area contributed by atoms with Crippen LogP contribution in [0.15, 0.2) is 30.6 Å². The second kappa shape index (κ2) is 9.49. The average Bonchev–Trinajstić information content (AvgIpc) is 3.07. The van der Waals surface area contributed by atoms with Gasteiger partial charge in [-0.25, -0.2) is 4.98 Å². The van der Waals surface area contributed by atoms with Gasteiger partial charge in [0.05, 0.1) is 27.9 Å². The van der Waals surface area contributed by atoms with Crippen LogP contribution in [-0.2, 0) is 12.6 Å². The van der Waals surface area contributed by atoms with Gasteiger partial charge in [-0.15, -0.1) is 24.5 Å². The molecular formula is C20H18F6N2O3S. The summed E-state index contributed by atoms with van der Waals surface area (Å²) in [5, 5.41) is 10.9. The van der Waals surface area contributed by atoms with Gasteiger partial charge in [0.25, 0.3) is 0 Å². The molecule has 5 nitrogen and oxygen atoms in total. The number of hydrogen-bond acceptors (Lipinski definition) is 6. The van der Waals surface area contributed by atoms with Crippen molar-refractivity contribution in [2.45, 2.75) is 44.8 Å². The van der Waals surface area contributed by atoms with Crippen LogP contribution in [0.3, 0.4) is 0 Å². The van der Waals surface area contributed by atoms with Crippen molar-refractivity contribution in [3.63, 3.8) is 0 Å². The molecule has 1 unspecified atom stereocenters. The average molecular weight is 480 g/mol. The molecule has 0 bridgehead atoms. The summed E-state index contributed by atoms with van der Waals surface area (Å²) in [5.74, 6) is -0.810. The fourth-order valence-corrected chi connectivity index (χ4v) is 4.09. The molecule has 0 fully saturated rings. The zero-order valence-electron chi connectivity index (χ0n) is 16.6. The van der Waals surface area contributed by atoms with Crippen molar-refractivity contribution >= 4 is 21.6 Å². The van der Waals surface area contributed by atoms with Gasteiger partial charge >= 0.3 is 12.5 Å². The monoisotopic (exact) mass is 480 g/mol. The lowest BCUT2D eigenvalue weighted by atomic mass is 10.0. The Morgan fingerprint density at radius 2 is 1.88 bits per heavy atom. The lowest BCUT2D eigenvalue weighted by molar-refractivity contribution is -0.276. The Balaban J connectivity index is 1.75. The van der Waals surface area contributed by atoms with E-state index in [1.165, 1.54) is 12.4 Å². The number of nitrogens with zero attached hydrogens (tertiary/aromatic N) is 2. The highest BCUT2D eigenvalue weighted by Crippen LogP contribution is 2.42. The van der Waals surface area contributed by atoms with Gasteiger partial charge < -0.3 is 14.6 Å². The van der Waals surface area contributed by atoms with Gasteiger partial charge in [0.15, 0.2) is 0 Å². The van der Waals surface area contributed by atoms with Crippen molar-refractivity contribution in [2.75, 3.05) is 6.61 Å². The van der Waals surface area contributed by atoms with E-state index < -0.39 is 30.0 Å². The van der Waals surface area contributed by atoms with E-state index in [2.05, 4.69) is 14.7 Å². The van der Waals surface area contributed by atoms with Crippen LogP contribution in [0.2, 0.25) is 0 Å². The van der Waals surface area contributed by atoms with Crippen molar-refractivity contribution in [3.05, 3.63) is 46.7 Å². The lowest BCUT2D eigenvalue weighted by Gasteiger charge is -2.15. The Morgan fingerprint density at radius 3 is 2.53 bits per heavy atom. The maximum atomic E-state index is 13.2. The number of benzene rings is 1. The number of halogens is 6. The molecule has 12 heteroatoms. The second-order valence-electron chi connectivity index (χ2n) is 6.72. The molecule has 3 aromatic rings. The van der Waals surface area contributed by atoms with Crippen molar-refractivity contribution in [1.29, 1.82) is 0 Å². The molecule has 2 heterocycles. The molecule has 1 atom stereocenters. The van der Waals surface area contributed by atoms with E-state index >= 15 is 0 Å². The number of aromatic nitrogens is 2. The second-order valence-corrected chi connectivity index (χ2v) is 7.84. The number of aryl methyl sites for hydroxylation is 1. The molecule has 0 aliphatic rings. The van der Waals surface area contributed by atoms with E-state index in [0.717, 1.165) is 11.3 Å². The Kier molecular flexibility index (Phi) is 7.13. The largest absolute Gasteiger partial charge is 0.573 e. The normalized spacial score (nSPS) is 13.4. The first-order chi connectivity index (χ1) is 15.0. The molecule has 0 saturated heterocycles. The van der Waals surface area contributed by atoms with Crippen LogP contribution in [0.4, 0.5) is 26.3 Å². The summed E-state index contributed by atoms with van der Waals surface area (Å²) in [5.41, 5.74) is -1.10. The van der Waals surface area contributed by atoms with E-state index in [1.807, 2.05) is 0 Å². The van der Waals surface area contributed by atoms with Crippen molar-refractivity contribution in [2.24, 2.45) is 0 Å². The Bertz CT molecular complexity index is 1070. The smallest absolute Gasteiger partial charge is 0.493 e. The number of aliphatic hydroxyl groups excluding tert-OH is 1. The van der Waals surface area contributed by atoms with E-state index in [4.69, 9.17) is 4.74 Å². The molecule has 174 valence electrons. The van der Waals surface area contributed by atoms with Crippen molar-refractivity contribution in [3.8, 4) is 11.5 Å². The zero-order chi connectivity index (χ0) is 23.5. The lowest BCUT2D eigenvalue weighted by Crippen LogP contribution is -2.20. The van der Waals surface area contributed by atoms with Gasteiger partial charge in [0.2, 0.25) is 0 Å². The fourth-order valence-electron chi connectivity index (χ4n) is 3.07. The van der Waals surface area contributed by atoms with Crippen LogP contribution in [-0.4, -0.2) is 28.0 Å². The number of hydrogen-bond donors (Lipinski definition) is 1. The van der Waals surface area contributed by atoms with Crippen molar-refractivity contribution < 1.29 is 40.9 Å². The third-order valence-electron chi connectivity index (χ3n) is 4.40. The zero-order valence-corrected chi connectivity index (χ0v) is 17.4. The number of ether oxygens (including phenoxy) is 2. The van der Waals surface area contributed by atoms with Gasteiger partial charge in [-0.3, -0.25) is 4.98 Å². The Labute approximate surface area is 182 Å². The molecule has 0 aliphatic carbocycles. The molecule has 0 saturated carbocycles. The number of pyridine rings is 1. The Hall–Kier alpha value is -2.60. The fraction of sp³-hybridized carbons (Fsp3) is 0.400. The number of rotatable bonds is 8. The van der Waals surface area contributed by atoms with Crippen LogP contribution in [0.5, 0.6) is 11.5 Å². The summed E-state index contributed by atoms with van der Waals surface area (Å²) >= 11 is 0.971. The van der Waals surface area contributed by atoms with Gasteiger partial charge in [0, 0.05) is 24.0 Å². The molecule has 0 aliphatic heterocycles. The summed E-state index contributed by atoms with van der Waals surface area (Å²) < 4.78 is 86.3. The maximum absolute atomic E-state index is 13.2. The molecule has 1 aromatic carbocycles. The molecule has 32 heavy (non-hydrogen) atoms. The molecule has 3 rings (SSSR count). The van der Waals surface area contributed by atoms with E-state index in [-0.39, 0.29) is 10.2 Å². The van der Waals surface area contributed by atoms with Crippen LogP contribution in [0.25, 0.3) is 10.2 Å². The summed E-state index contributed by atoms with van der Waals surface area (Å²) in [4.78, 5) is 8.08. The summed E-state index contributed by atoms with van der Waals surface area (Å²) in [7, 11) is 0. The summed E-state index contributed by atoms with van der Waals surface area (Å²) in [6.45, 7) is 2.22. The number of fused-ring (bicyclic) bond motifs is 1. The van der Waals surface area contributed by atoms with E-state index in [9.17, 15) is 31.4 Å². The highest BCUT2D eigenvalue weighted by atomic mass is 32.1. The predicted octanol–water partition coefficient (Wildman–Crippen LogP) is 6.06. The maximum Gasteiger partial charge on any atom is 0.573 e. The third-order valence-corrected chi connectivity index (χ3v) is 5.48. The number of aliphatic hydroxyl groups is 1. The molecule has 0 spiro atoms. The standard InChI is InChI=1S/C20H18F6N2O3S/c1-2-30-15-6-7-27-10-11(15)14(29)4-3-5-18-28-13-8-12(19(21,22)23)16(9-17(13)32-18)31-20(24,25)26/h6-10,14,29H,2-5H2,1H3. The van der Waals surface area contributed by atoms with Gasteiger partial charge in [-0.2, -0.15) is 13.2 Å². The molecular weight excluding hydrogens is 462 g/mol. The number of thiazole rings is 1. The van der Waals surface area contributed by atoms with E-state index in [1.54, 1.807) is 13.0 Å². The summed E-state index contributed by atoms with van der Waals surface area (Å²) in [6, 6.07) is 2.88. The first kappa shape index (κ1) is 24.1.